The van der Waals surface area contributed by atoms with E-state index < -0.39 is 33.4 Å². The number of aryl methyl sites for hydroxylation is 1. The zero-order valence-electron chi connectivity index (χ0n) is 12.3. The minimum atomic E-state index is -4.10. The van der Waals surface area contributed by atoms with Crippen LogP contribution in [0.2, 0.25) is 5.02 Å². The first-order chi connectivity index (χ1) is 11.2. The molecule has 9 nitrogen and oxygen atoms in total. The van der Waals surface area contributed by atoms with Gasteiger partial charge in [0, 0.05) is 6.07 Å². The number of rotatable bonds is 5. The van der Waals surface area contributed by atoms with Crippen molar-refractivity contribution in [2.75, 3.05) is 11.9 Å². The first-order valence-electron chi connectivity index (χ1n) is 6.39. The lowest BCUT2D eigenvalue weighted by molar-refractivity contribution is -0.119. The summed E-state index contributed by atoms with van der Waals surface area (Å²) in [6.45, 7) is 1.06. The lowest BCUT2D eigenvalue weighted by Gasteiger charge is -2.07. The van der Waals surface area contributed by atoms with Gasteiger partial charge < -0.3 is 9.26 Å². The Labute approximate surface area is 141 Å². The second-order valence-corrected chi connectivity index (χ2v) is 6.58. The maximum atomic E-state index is 11.9. The number of hydrogen-bond donors (Lipinski definition) is 2. The highest BCUT2D eigenvalue weighted by molar-refractivity contribution is 7.89. The van der Waals surface area contributed by atoms with E-state index in [4.69, 9.17) is 26.0 Å². The number of anilines is 1. The molecule has 0 aliphatic rings. The van der Waals surface area contributed by atoms with Crippen LogP contribution in [0.25, 0.3) is 0 Å². The Kier molecular flexibility index (Phi) is 5.22. The highest BCUT2D eigenvalue weighted by Crippen LogP contribution is 2.21. The molecule has 1 aromatic heterocycles. The van der Waals surface area contributed by atoms with E-state index in [0.717, 1.165) is 6.07 Å². The number of aromatic nitrogens is 1. The van der Waals surface area contributed by atoms with Crippen molar-refractivity contribution in [3.63, 3.8) is 0 Å². The summed E-state index contributed by atoms with van der Waals surface area (Å²) in [5.41, 5.74) is 0.450. The van der Waals surface area contributed by atoms with E-state index >= 15 is 0 Å². The molecule has 0 saturated heterocycles. The van der Waals surface area contributed by atoms with Gasteiger partial charge in [0.1, 0.15) is 4.90 Å². The van der Waals surface area contributed by atoms with Crippen molar-refractivity contribution in [1.29, 1.82) is 0 Å². The molecule has 3 N–H and O–H groups in total. The number of primary sulfonamides is 1. The number of esters is 1. The van der Waals surface area contributed by atoms with Gasteiger partial charge in [-0.15, -0.1) is 0 Å². The van der Waals surface area contributed by atoms with Gasteiger partial charge in [0.15, 0.2) is 6.61 Å². The van der Waals surface area contributed by atoms with Gasteiger partial charge in [0.05, 0.1) is 16.3 Å². The number of hydrogen-bond acceptors (Lipinski definition) is 7. The maximum Gasteiger partial charge on any atom is 0.338 e. The number of nitrogens with zero attached hydrogens (tertiary/aromatic N) is 1. The third-order valence-electron chi connectivity index (χ3n) is 2.70. The summed E-state index contributed by atoms with van der Waals surface area (Å²) in [5, 5.41) is 10.8. The van der Waals surface area contributed by atoms with Crippen molar-refractivity contribution in [2.45, 2.75) is 11.8 Å². The predicted molar refractivity (Wildman–Crippen MR) is 83.0 cm³/mol. The fourth-order valence-corrected chi connectivity index (χ4v) is 2.73. The molecule has 0 spiro atoms. The summed E-state index contributed by atoms with van der Waals surface area (Å²) in [5.74, 6) is -1.46. The fraction of sp³-hybridized carbons (Fsp3) is 0.154. The SMILES string of the molecule is Cc1cc(NC(=O)COC(=O)c2ccc(Cl)c(S(N)(=O)=O)c2)on1. The zero-order valence-corrected chi connectivity index (χ0v) is 13.8. The molecule has 0 saturated carbocycles. The molecule has 24 heavy (non-hydrogen) atoms. The van der Waals surface area contributed by atoms with Crippen molar-refractivity contribution >= 4 is 39.4 Å². The predicted octanol–water partition coefficient (Wildman–Crippen LogP) is 1.08. The molecule has 2 rings (SSSR count). The molecule has 0 radical (unpaired) electrons. The molecule has 0 bridgehead atoms. The summed E-state index contributed by atoms with van der Waals surface area (Å²) >= 11 is 5.71. The lowest BCUT2D eigenvalue weighted by atomic mass is 10.2. The Morgan fingerprint density at radius 1 is 1.38 bits per heavy atom. The van der Waals surface area contributed by atoms with E-state index in [1.807, 2.05) is 0 Å². The summed E-state index contributed by atoms with van der Waals surface area (Å²) < 4.78 is 32.3. The van der Waals surface area contributed by atoms with Crippen LogP contribution < -0.4 is 10.5 Å². The number of benzene rings is 1. The van der Waals surface area contributed by atoms with Gasteiger partial charge in [0.25, 0.3) is 5.91 Å². The van der Waals surface area contributed by atoms with Crippen LogP contribution in [0.15, 0.2) is 33.7 Å². The average Bonchev–Trinajstić information content (AvgIpc) is 2.89. The molecule has 0 atom stereocenters. The van der Waals surface area contributed by atoms with Gasteiger partial charge in [-0.1, -0.05) is 16.8 Å². The van der Waals surface area contributed by atoms with E-state index in [0.29, 0.717) is 5.69 Å². The second-order valence-electron chi connectivity index (χ2n) is 4.65. The smallest absolute Gasteiger partial charge is 0.338 e. The van der Waals surface area contributed by atoms with Crippen LogP contribution in [0.5, 0.6) is 0 Å². The molecule has 1 aromatic carbocycles. The van der Waals surface area contributed by atoms with Gasteiger partial charge in [-0.05, 0) is 25.1 Å². The number of nitrogens with two attached hydrogens (primary N) is 1. The quantitative estimate of drug-likeness (QED) is 0.746. The van der Waals surface area contributed by atoms with Gasteiger partial charge in [-0.2, -0.15) is 0 Å². The molecule has 0 aliphatic carbocycles. The Morgan fingerprint density at radius 2 is 2.08 bits per heavy atom. The molecule has 11 heteroatoms. The number of halogens is 1. The minimum Gasteiger partial charge on any atom is -0.452 e. The number of carbonyl (C=O) groups is 2. The summed E-state index contributed by atoms with van der Waals surface area (Å²) in [6.07, 6.45) is 0. The summed E-state index contributed by atoms with van der Waals surface area (Å²) in [4.78, 5) is 23.1. The van der Waals surface area contributed by atoms with E-state index in [1.165, 1.54) is 18.2 Å². The number of sulfonamides is 1. The monoisotopic (exact) mass is 373 g/mol. The molecular weight excluding hydrogens is 362 g/mol. The van der Waals surface area contributed by atoms with E-state index in [9.17, 15) is 18.0 Å². The molecule has 1 amide bonds. The zero-order chi connectivity index (χ0) is 17.9. The van der Waals surface area contributed by atoms with Gasteiger partial charge in [-0.25, -0.2) is 18.4 Å². The van der Waals surface area contributed by atoms with Crippen LogP contribution in [0.1, 0.15) is 16.1 Å². The minimum absolute atomic E-state index is 0.108. The standard InChI is InChI=1S/C13H12ClN3O6S/c1-7-4-12(23-17-7)16-11(18)6-22-13(19)8-2-3-9(14)10(5-8)24(15,20)21/h2-5H,6H2,1H3,(H,16,18)(H2,15,20,21). The topological polar surface area (TPSA) is 142 Å². The Bertz CT molecular complexity index is 893. The largest absolute Gasteiger partial charge is 0.452 e. The van der Waals surface area contributed by atoms with Gasteiger partial charge in [0.2, 0.25) is 15.9 Å². The molecular formula is C13H12ClN3O6S. The van der Waals surface area contributed by atoms with Gasteiger partial charge in [-0.3, -0.25) is 10.1 Å². The number of nitrogens with one attached hydrogen (secondary N) is 1. The first kappa shape index (κ1) is 17.9. The number of carbonyl (C=O) groups excluding carboxylic acids is 2. The second kappa shape index (κ2) is 6.99. The van der Waals surface area contributed by atoms with Crippen LogP contribution in [0.4, 0.5) is 5.88 Å². The van der Waals surface area contributed by atoms with E-state index in [1.54, 1.807) is 6.92 Å². The van der Waals surface area contributed by atoms with Crippen molar-refractivity contribution in [2.24, 2.45) is 5.14 Å². The molecule has 0 unspecified atom stereocenters. The number of ether oxygens (including phenoxy) is 1. The van der Waals surface area contributed by atoms with Gasteiger partial charge >= 0.3 is 5.97 Å². The maximum absolute atomic E-state index is 11.9. The molecule has 0 fully saturated rings. The molecule has 0 aliphatic heterocycles. The average molecular weight is 374 g/mol. The third-order valence-corrected chi connectivity index (χ3v) is 4.09. The highest BCUT2D eigenvalue weighted by atomic mass is 35.5. The summed E-state index contributed by atoms with van der Waals surface area (Å²) in [7, 11) is -4.10. The third kappa shape index (κ3) is 4.54. The molecule has 1 heterocycles. The van der Waals surface area contributed by atoms with Crippen molar-refractivity contribution < 1.29 is 27.3 Å². The van der Waals surface area contributed by atoms with E-state index in [-0.39, 0.29) is 16.5 Å². The highest BCUT2D eigenvalue weighted by Gasteiger charge is 2.18. The fourth-order valence-electron chi connectivity index (χ4n) is 1.66. The number of amides is 1. The Morgan fingerprint density at radius 3 is 2.67 bits per heavy atom. The van der Waals surface area contributed by atoms with Crippen LogP contribution in [0, 0.1) is 6.92 Å². The van der Waals surface area contributed by atoms with Crippen molar-refractivity contribution in [3.8, 4) is 0 Å². The Hall–Kier alpha value is -2.43. The Balaban J connectivity index is 2.01. The van der Waals surface area contributed by atoms with Crippen molar-refractivity contribution in [1.82, 2.24) is 5.16 Å². The normalized spacial score (nSPS) is 11.1. The van der Waals surface area contributed by atoms with Crippen LogP contribution in [-0.4, -0.2) is 32.1 Å². The molecule has 128 valence electrons. The van der Waals surface area contributed by atoms with Crippen molar-refractivity contribution in [3.05, 3.63) is 40.5 Å². The first-order valence-corrected chi connectivity index (χ1v) is 8.32. The lowest BCUT2D eigenvalue weighted by Crippen LogP contribution is -2.21. The van der Waals surface area contributed by atoms with E-state index in [2.05, 4.69) is 10.5 Å². The van der Waals surface area contributed by atoms with Crippen LogP contribution >= 0.6 is 11.6 Å². The van der Waals surface area contributed by atoms with Crippen LogP contribution in [-0.2, 0) is 19.6 Å². The summed E-state index contributed by atoms with van der Waals surface area (Å²) in [6, 6.07) is 4.89. The van der Waals surface area contributed by atoms with Crippen LogP contribution in [0.3, 0.4) is 0 Å². The molecule has 2 aromatic rings.